The molecule has 1 aliphatic rings. The van der Waals surface area contributed by atoms with Crippen molar-refractivity contribution in [2.75, 3.05) is 0 Å². The molecular weight excluding hydrogens is 242 g/mol. The van der Waals surface area contributed by atoms with Gasteiger partial charge < -0.3 is 5.32 Å². The molecular formula is C15H21NOS. The predicted octanol–water partition coefficient (Wildman–Crippen LogP) is 3.59. The molecule has 0 radical (unpaired) electrons. The van der Waals surface area contributed by atoms with Crippen molar-refractivity contribution in [1.29, 1.82) is 0 Å². The molecule has 98 valence electrons. The minimum absolute atomic E-state index is 0.0440. The molecule has 0 spiro atoms. The number of hydrogen-bond donors (Lipinski definition) is 2. The van der Waals surface area contributed by atoms with Gasteiger partial charge in [0, 0.05) is 16.5 Å². The molecule has 1 aliphatic carbocycles. The maximum absolute atomic E-state index is 12.2. The second-order valence-electron chi connectivity index (χ2n) is 5.44. The van der Waals surface area contributed by atoms with Crippen LogP contribution in [0.1, 0.15) is 48.5 Å². The summed E-state index contributed by atoms with van der Waals surface area (Å²) in [6.07, 6.45) is 4.72. The Bertz CT molecular complexity index is 444. The molecule has 3 heteroatoms. The second-order valence-corrected chi connectivity index (χ2v) is 5.96. The summed E-state index contributed by atoms with van der Waals surface area (Å²) >= 11 is 4.30. The van der Waals surface area contributed by atoms with Gasteiger partial charge in [-0.15, -0.1) is 12.6 Å². The number of nitrogens with one attached hydrogen (secondary N) is 1. The van der Waals surface area contributed by atoms with E-state index in [-0.39, 0.29) is 5.91 Å². The molecule has 1 amide bonds. The molecule has 2 nitrogen and oxygen atoms in total. The topological polar surface area (TPSA) is 29.1 Å². The van der Waals surface area contributed by atoms with E-state index in [1.807, 2.05) is 25.1 Å². The molecule has 2 rings (SSSR count). The number of amides is 1. The molecule has 1 aromatic rings. The first-order valence-electron chi connectivity index (χ1n) is 6.66. The third kappa shape index (κ3) is 3.29. The van der Waals surface area contributed by atoms with Crippen molar-refractivity contribution >= 4 is 18.5 Å². The molecule has 0 aliphatic heterocycles. The zero-order valence-corrected chi connectivity index (χ0v) is 12.0. The van der Waals surface area contributed by atoms with Gasteiger partial charge in [0.25, 0.3) is 5.91 Å². The summed E-state index contributed by atoms with van der Waals surface area (Å²) in [5.74, 6) is 0.767. The van der Waals surface area contributed by atoms with Gasteiger partial charge >= 0.3 is 0 Å². The normalized spacial score (nSPS) is 23.7. The lowest BCUT2D eigenvalue weighted by atomic mass is 9.87. The fourth-order valence-corrected chi connectivity index (χ4v) is 2.89. The fraction of sp³-hybridized carbons (Fsp3) is 0.533. The summed E-state index contributed by atoms with van der Waals surface area (Å²) in [6.45, 7) is 4.23. The van der Waals surface area contributed by atoms with E-state index in [4.69, 9.17) is 0 Å². The molecule has 0 heterocycles. The van der Waals surface area contributed by atoms with Crippen molar-refractivity contribution in [2.45, 2.75) is 50.5 Å². The quantitative estimate of drug-likeness (QED) is 0.784. The van der Waals surface area contributed by atoms with Gasteiger partial charge in [0.1, 0.15) is 0 Å². The Labute approximate surface area is 115 Å². The van der Waals surface area contributed by atoms with Crippen LogP contribution in [-0.2, 0) is 0 Å². The third-order valence-corrected chi connectivity index (χ3v) is 4.02. The first-order valence-corrected chi connectivity index (χ1v) is 7.11. The Morgan fingerprint density at radius 3 is 2.89 bits per heavy atom. The van der Waals surface area contributed by atoms with E-state index < -0.39 is 0 Å². The number of thiol groups is 1. The summed E-state index contributed by atoms with van der Waals surface area (Å²) in [7, 11) is 0. The van der Waals surface area contributed by atoms with Crippen molar-refractivity contribution in [1.82, 2.24) is 5.32 Å². The summed E-state index contributed by atoms with van der Waals surface area (Å²) in [5.41, 5.74) is 1.76. The lowest BCUT2D eigenvalue weighted by Gasteiger charge is -2.27. The lowest BCUT2D eigenvalue weighted by molar-refractivity contribution is 0.0920. The largest absolute Gasteiger partial charge is 0.349 e. The van der Waals surface area contributed by atoms with E-state index in [1.165, 1.54) is 12.8 Å². The van der Waals surface area contributed by atoms with Gasteiger partial charge in [-0.05, 0) is 43.4 Å². The van der Waals surface area contributed by atoms with Crippen LogP contribution in [0.5, 0.6) is 0 Å². The molecule has 1 aromatic carbocycles. The van der Waals surface area contributed by atoms with E-state index in [1.54, 1.807) is 0 Å². The van der Waals surface area contributed by atoms with Crippen molar-refractivity contribution < 1.29 is 4.79 Å². The monoisotopic (exact) mass is 263 g/mol. The third-order valence-electron chi connectivity index (χ3n) is 3.74. The van der Waals surface area contributed by atoms with Crippen molar-refractivity contribution in [3.8, 4) is 0 Å². The minimum Gasteiger partial charge on any atom is -0.349 e. The van der Waals surface area contributed by atoms with Crippen LogP contribution in [0.25, 0.3) is 0 Å². The Morgan fingerprint density at radius 2 is 2.17 bits per heavy atom. The van der Waals surface area contributed by atoms with Crippen molar-refractivity contribution in [3.05, 3.63) is 29.3 Å². The zero-order valence-electron chi connectivity index (χ0n) is 11.1. The van der Waals surface area contributed by atoms with Gasteiger partial charge in [-0.3, -0.25) is 4.79 Å². The number of hydrogen-bond acceptors (Lipinski definition) is 2. The van der Waals surface area contributed by atoms with E-state index in [9.17, 15) is 4.79 Å². The summed E-state index contributed by atoms with van der Waals surface area (Å²) in [4.78, 5) is 13.1. The van der Waals surface area contributed by atoms with Crippen molar-refractivity contribution in [2.24, 2.45) is 5.92 Å². The first kappa shape index (κ1) is 13.5. The molecule has 1 fully saturated rings. The van der Waals surface area contributed by atoms with Gasteiger partial charge in [-0.1, -0.05) is 25.8 Å². The van der Waals surface area contributed by atoms with E-state index in [2.05, 4.69) is 24.9 Å². The number of aryl methyl sites for hydroxylation is 1. The molecule has 0 bridgehead atoms. The van der Waals surface area contributed by atoms with E-state index >= 15 is 0 Å². The predicted molar refractivity (Wildman–Crippen MR) is 77.3 cm³/mol. The van der Waals surface area contributed by atoms with Crippen LogP contribution in [0, 0.1) is 12.8 Å². The molecule has 0 saturated heterocycles. The molecule has 2 atom stereocenters. The lowest BCUT2D eigenvalue weighted by Crippen LogP contribution is -2.38. The average Bonchev–Trinajstić information content (AvgIpc) is 2.32. The maximum Gasteiger partial charge on any atom is 0.251 e. The highest BCUT2D eigenvalue weighted by Crippen LogP contribution is 2.24. The highest BCUT2D eigenvalue weighted by Gasteiger charge is 2.21. The van der Waals surface area contributed by atoms with Crippen LogP contribution in [0.15, 0.2) is 23.1 Å². The van der Waals surface area contributed by atoms with Crippen LogP contribution >= 0.6 is 12.6 Å². The summed E-state index contributed by atoms with van der Waals surface area (Å²) in [6, 6.07) is 6.04. The van der Waals surface area contributed by atoms with Crippen LogP contribution < -0.4 is 5.32 Å². The molecule has 1 N–H and O–H groups in total. The highest BCUT2D eigenvalue weighted by molar-refractivity contribution is 7.80. The fourth-order valence-electron chi connectivity index (χ4n) is 2.68. The Morgan fingerprint density at radius 1 is 1.39 bits per heavy atom. The minimum atomic E-state index is 0.0440. The first-order chi connectivity index (χ1) is 8.56. The van der Waals surface area contributed by atoms with Gasteiger partial charge in [-0.2, -0.15) is 0 Å². The average molecular weight is 263 g/mol. The molecule has 18 heavy (non-hydrogen) atoms. The number of carbonyl (C=O) groups excluding carboxylic acids is 1. The molecule has 1 saturated carbocycles. The van der Waals surface area contributed by atoms with E-state index in [0.29, 0.717) is 6.04 Å². The van der Waals surface area contributed by atoms with Crippen LogP contribution in [0.4, 0.5) is 0 Å². The van der Waals surface area contributed by atoms with E-state index in [0.717, 1.165) is 34.8 Å². The standard InChI is InChI=1S/C15H21NOS/c1-10-4-3-5-12(8-10)16-15(17)14-9-13(18)7-6-11(14)2/h6-7,9-10,12,18H,3-5,8H2,1-2H3,(H,16,17). The number of rotatable bonds is 2. The summed E-state index contributed by atoms with van der Waals surface area (Å²) < 4.78 is 0. The Hall–Kier alpha value is -0.960. The maximum atomic E-state index is 12.2. The second kappa shape index (κ2) is 5.79. The van der Waals surface area contributed by atoms with Crippen molar-refractivity contribution in [3.63, 3.8) is 0 Å². The number of carbonyl (C=O) groups is 1. The number of benzene rings is 1. The Kier molecular flexibility index (Phi) is 4.33. The Balaban J connectivity index is 2.05. The molecule has 0 aromatic heterocycles. The van der Waals surface area contributed by atoms with Gasteiger partial charge in [0.05, 0.1) is 0 Å². The SMILES string of the molecule is Cc1ccc(S)cc1C(=O)NC1CCCC(C)C1. The van der Waals surface area contributed by atoms with Crippen LogP contribution in [0.3, 0.4) is 0 Å². The van der Waals surface area contributed by atoms with Crippen LogP contribution in [-0.4, -0.2) is 11.9 Å². The zero-order chi connectivity index (χ0) is 13.1. The smallest absolute Gasteiger partial charge is 0.251 e. The molecule has 2 unspecified atom stereocenters. The van der Waals surface area contributed by atoms with Gasteiger partial charge in [0.15, 0.2) is 0 Å². The van der Waals surface area contributed by atoms with Crippen LogP contribution in [0.2, 0.25) is 0 Å². The summed E-state index contributed by atoms with van der Waals surface area (Å²) in [5, 5.41) is 3.16. The van der Waals surface area contributed by atoms with Gasteiger partial charge in [0.2, 0.25) is 0 Å². The van der Waals surface area contributed by atoms with Gasteiger partial charge in [-0.25, -0.2) is 0 Å². The highest BCUT2D eigenvalue weighted by atomic mass is 32.1.